The van der Waals surface area contributed by atoms with Gasteiger partial charge in [0.15, 0.2) is 0 Å². The number of rotatable bonds is 3. The molecule has 1 aromatic heterocycles. The van der Waals surface area contributed by atoms with Crippen molar-refractivity contribution in [2.75, 3.05) is 13.3 Å². The normalized spacial score (nSPS) is 12.3. The maximum absolute atomic E-state index is 11.1. The van der Waals surface area contributed by atoms with Gasteiger partial charge in [0.05, 0.1) is 17.5 Å². The molecule has 1 rings (SSSR count). The molecule has 0 aliphatic heterocycles. The molecule has 6 heteroatoms. The van der Waals surface area contributed by atoms with E-state index >= 15 is 0 Å². The first-order valence-electron chi connectivity index (χ1n) is 3.71. The fraction of sp³-hybridized carbons (Fsp3) is 0.571. The standard InChI is InChI=1S/C7H12N2O2S2/c1-6-7(12-5-8-6)4-9(2)13(3,10)11/h5H,4H2,1-3H3. The van der Waals surface area contributed by atoms with E-state index in [4.69, 9.17) is 0 Å². The quantitative estimate of drug-likeness (QED) is 0.758. The van der Waals surface area contributed by atoms with Gasteiger partial charge < -0.3 is 0 Å². The molecule has 13 heavy (non-hydrogen) atoms. The van der Waals surface area contributed by atoms with Gasteiger partial charge in [-0.2, -0.15) is 4.31 Å². The van der Waals surface area contributed by atoms with Gasteiger partial charge in [0, 0.05) is 18.5 Å². The van der Waals surface area contributed by atoms with Gasteiger partial charge in [-0.15, -0.1) is 11.3 Å². The van der Waals surface area contributed by atoms with Crippen LogP contribution in [0.25, 0.3) is 0 Å². The largest absolute Gasteiger partial charge is 0.250 e. The molecule has 0 saturated carbocycles. The van der Waals surface area contributed by atoms with Crippen LogP contribution in [0.1, 0.15) is 10.6 Å². The first kappa shape index (κ1) is 10.6. The molecular weight excluding hydrogens is 208 g/mol. The number of thiazole rings is 1. The zero-order valence-corrected chi connectivity index (χ0v) is 9.44. The monoisotopic (exact) mass is 220 g/mol. The molecule has 0 amide bonds. The van der Waals surface area contributed by atoms with E-state index in [-0.39, 0.29) is 0 Å². The van der Waals surface area contributed by atoms with Crippen LogP contribution >= 0.6 is 11.3 Å². The Morgan fingerprint density at radius 1 is 1.62 bits per heavy atom. The number of hydrogen-bond acceptors (Lipinski definition) is 4. The molecule has 0 aromatic carbocycles. The van der Waals surface area contributed by atoms with Gasteiger partial charge in [-0.25, -0.2) is 13.4 Å². The van der Waals surface area contributed by atoms with Gasteiger partial charge in [-0.05, 0) is 6.92 Å². The van der Waals surface area contributed by atoms with Crippen molar-refractivity contribution in [2.45, 2.75) is 13.5 Å². The molecule has 0 atom stereocenters. The van der Waals surface area contributed by atoms with Gasteiger partial charge in [0.25, 0.3) is 0 Å². The summed E-state index contributed by atoms with van der Waals surface area (Å²) in [7, 11) is -1.52. The van der Waals surface area contributed by atoms with E-state index in [0.29, 0.717) is 6.54 Å². The van der Waals surface area contributed by atoms with Crippen LogP contribution in [0.5, 0.6) is 0 Å². The molecule has 0 N–H and O–H groups in total. The Hall–Kier alpha value is -0.460. The fourth-order valence-corrected chi connectivity index (χ4v) is 2.07. The van der Waals surface area contributed by atoms with Crippen molar-refractivity contribution in [2.24, 2.45) is 0 Å². The highest BCUT2D eigenvalue weighted by Gasteiger charge is 2.13. The Kier molecular flexibility index (Phi) is 3.05. The van der Waals surface area contributed by atoms with Crippen LogP contribution < -0.4 is 0 Å². The van der Waals surface area contributed by atoms with E-state index in [1.165, 1.54) is 21.9 Å². The highest BCUT2D eigenvalue weighted by atomic mass is 32.2. The first-order chi connectivity index (χ1) is 5.91. The van der Waals surface area contributed by atoms with Crippen molar-refractivity contribution in [3.05, 3.63) is 16.1 Å². The fourth-order valence-electron chi connectivity index (χ4n) is 0.797. The minimum absolute atomic E-state index is 0.412. The first-order valence-corrected chi connectivity index (χ1v) is 6.44. The Labute approximate surface area is 82.3 Å². The summed E-state index contributed by atoms with van der Waals surface area (Å²) in [5.74, 6) is 0. The molecular formula is C7H12N2O2S2. The third-order valence-corrected chi connectivity index (χ3v) is 3.96. The number of nitrogens with zero attached hydrogens (tertiary/aromatic N) is 2. The smallest absolute Gasteiger partial charge is 0.211 e. The predicted octanol–water partition coefficient (Wildman–Crippen LogP) is 0.843. The van der Waals surface area contributed by atoms with Gasteiger partial charge in [0.2, 0.25) is 10.0 Å². The Bertz CT molecular complexity index is 383. The van der Waals surface area contributed by atoms with E-state index in [9.17, 15) is 8.42 Å². The molecule has 1 heterocycles. The molecule has 0 fully saturated rings. The molecule has 0 unspecified atom stereocenters. The van der Waals surface area contributed by atoms with Gasteiger partial charge >= 0.3 is 0 Å². The van der Waals surface area contributed by atoms with Crippen LogP contribution in [0.3, 0.4) is 0 Å². The third kappa shape index (κ3) is 2.75. The second-order valence-corrected chi connectivity index (χ2v) is 5.91. The summed E-state index contributed by atoms with van der Waals surface area (Å²) in [6, 6.07) is 0. The van der Waals surface area contributed by atoms with Crippen LogP contribution in [0.4, 0.5) is 0 Å². The summed E-state index contributed by atoms with van der Waals surface area (Å²) in [6.07, 6.45) is 1.20. The predicted molar refractivity (Wildman–Crippen MR) is 53.2 cm³/mol. The van der Waals surface area contributed by atoms with E-state index in [1.807, 2.05) is 6.92 Å². The van der Waals surface area contributed by atoms with Crippen molar-refractivity contribution in [3.8, 4) is 0 Å². The molecule has 0 aliphatic carbocycles. The summed E-state index contributed by atoms with van der Waals surface area (Å²) < 4.78 is 23.5. The van der Waals surface area contributed by atoms with Crippen LogP contribution in [0.2, 0.25) is 0 Å². The van der Waals surface area contributed by atoms with Crippen LogP contribution in [0, 0.1) is 6.92 Å². The highest BCUT2D eigenvalue weighted by molar-refractivity contribution is 7.88. The summed E-state index contributed by atoms with van der Waals surface area (Å²) in [4.78, 5) is 5.04. The number of sulfonamides is 1. The molecule has 0 radical (unpaired) electrons. The van der Waals surface area contributed by atoms with Gasteiger partial charge in [0.1, 0.15) is 0 Å². The second kappa shape index (κ2) is 3.73. The zero-order chi connectivity index (χ0) is 10.1. The molecule has 0 saturated heterocycles. The highest BCUT2D eigenvalue weighted by Crippen LogP contribution is 2.15. The lowest BCUT2D eigenvalue weighted by Gasteiger charge is -2.12. The lowest BCUT2D eigenvalue weighted by atomic mass is 10.4. The van der Waals surface area contributed by atoms with E-state index in [1.54, 1.807) is 12.6 Å². The second-order valence-electron chi connectivity index (χ2n) is 2.88. The maximum atomic E-state index is 11.1. The van der Waals surface area contributed by atoms with Gasteiger partial charge in [-0.3, -0.25) is 0 Å². The zero-order valence-electron chi connectivity index (χ0n) is 7.81. The molecule has 0 spiro atoms. The Balaban J connectivity index is 2.77. The summed E-state index contributed by atoms with van der Waals surface area (Å²) in [5.41, 5.74) is 2.63. The van der Waals surface area contributed by atoms with Crippen molar-refractivity contribution >= 4 is 21.4 Å². The average molecular weight is 220 g/mol. The third-order valence-electron chi connectivity index (χ3n) is 1.78. The van der Waals surface area contributed by atoms with Crippen LogP contribution in [0.15, 0.2) is 5.51 Å². The number of hydrogen-bond donors (Lipinski definition) is 0. The van der Waals surface area contributed by atoms with E-state index < -0.39 is 10.0 Å². The van der Waals surface area contributed by atoms with Gasteiger partial charge in [-0.1, -0.05) is 0 Å². The van der Waals surface area contributed by atoms with E-state index in [0.717, 1.165) is 10.6 Å². The average Bonchev–Trinajstić information content (AvgIpc) is 2.34. The van der Waals surface area contributed by atoms with Crippen molar-refractivity contribution in [1.29, 1.82) is 0 Å². The van der Waals surface area contributed by atoms with Crippen molar-refractivity contribution < 1.29 is 8.42 Å². The summed E-state index contributed by atoms with van der Waals surface area (Å²) >= 11 is 1.48. The minimum atomic E-state index is -3.08. The number of aromatic nitrogens is 1. The Morgan fingerprint density at radius 3 is 2.62 bits per heavy atom. The van der Waals surface area contributed by atoms with Crippen molar-refractivity contribution in [1.82, 2.24) is 9.29 Å². The minimum Gasteiger partial charge on any atom is -0.250 e. The number of aryl methyl sites for hydroxylation is 1. The molecule has 4 nitrogen and oxygen atoms in total. The van der Waals surface area contributed by atoms with Crippen LogP contribution in [-0.4, -0.2) is 31.0 Å². The lowest BCUT2D eigenvalue weighted by Crippen LogP contribution is -2.24. The SMILES string of the molecule is Cc1ncsc1CN(C)S(C)(=O)=O. The lowest BCUT2D eigenvalue weighted by molar-refractivity contribution is 0.474. The topological polar surface area (TPSA) is 50.3 Å². The van der Waals surface area contributed by atoms with Crippen molar-refractivity contribution in [3.63, 3.8) is 0 Å². The van der Waals surface area contributed by atoms with E-state index in [2.05, 4.69) is 4.98 Å². The van der Waals surface area contributed by atoms with Crippen LogP contribution in [-0.2, 0) is 16.6 Å². The summed E-state index contributed by atoms with van der Waals surface area (Å²) in [6.45, 7) is 2.29. The molecule has 0 aliphatic rings. The maximum Gasteiger partial charge on any atom is 0.211 e. The molecule has 0 bridgehead atoms. The summed E-state index contributed by atoms with van der Waals surface area (Å²) in [5, 5.41) is 0. The molecule has 74 valence electrons. The molecule has 1 aromatic rings. The Morgan fingerprint density at radius 2 is 2.23 bits per heavy atom.